The summed E-state index contributed by atoms with van der Waals surface area (Å²) in [5.74, 6) is 0.588. The van der Waals surface area contributed by atoms with Gasteiger partial charge in [0.15, 0.2) is 11.5 Å². The van der Waals surface area contributed by atoms with Crippen molar-refractivity contribution in [2.24, 2.45) is 7.05 Å². The summed E-state index contributed by atoms with van der Waals surface area (Å²) in [5.41, 5.74) is 2.69. The SMILES string of the molecule is Cc1cc(C(=O)Nc2n[nH]c([C@H]3CCCO3)n2)c2c(C)nn(C)c2n1. The lowest BCUT2D eigenvalue weighted by Crippen LogP contribution is -2.14. The molecule has 4 rings (SSSR count). The van der Waals surface area contributed by atoms with Gasteiger partial charge in [0.25, 0.3) is 5.91 Å². The lowest BCUT2D eigenvalue weighted by atomic mass is 10.1. The zero-order chi connectivity index (χ0) is 17.6. The maximum absolute atomic E-state index is 12.8. The summed E-state index contributed by atoms with van der Waals surface area (Å²) in [6.07, 6.45) is 1.83. The number of aryl methyl sites for hydroxylation is 3. The van der Waals surface area contributed by atoms with Crippen LogP contribution in [0.1, 0.15) is 46.5 Å². The van der Waals surface area contributed by atoms with E-state index in [1.807, 2.05) is 20.9 Å². The van der Waals surface area contributed by atoms with Crippen LogP contribution < -0.4 is 5.32 Å². The Morgan fingerprint density at radius 1 is 1.40 bits per heavy atom. The largest absolute Gasteiger partial charge is 0.370 e. The number of amides is 1. The van der Waals surface area contributed by atoms with Gasteiger partial charge >= 0.3 is 0 Å². The molecule has 25 heavy (non-hydrogen) atoms. The number of hydrogen-bond acceptors (Lipinski definition) is 6. The fourth-order valence-corrected chi connectivity index (χ4v) is 3.19. The third-order valence-corrected chi connectivity index (χ3v) is 4.30. The quantitative estimate of drug-likeness (QED) is 0.751. The molecule has 0 radical (unpaired) electrons. The highest BCUT2D eigenvalue weighted by molar-refractivity contribution is 6.12. The second kappa shape index (κ2) is 5.92. The van der Waals surface area contributed by atoms with Gasteiger partial charge in [-0.1, -0.05) is 0 Å². The number of fused-ring (bicyclic) bond motifs is 1. The van der Waals surface area contributed by atoms with E-state index in [1.165, 1.54) is 0 Å². The monoisotopic (exact) mass is 341 g/mol. The highest BCUT2D eigenvalue weighted by atomic mass is 16.5. The first kappa shape index (κ1) is 15.7. The van der Waals surface area contributed by atoms with Gasteiger partial charge in [-0.3, -0.25) is 19.9 Å². The van der Waals surface area contributed by atoms with Crippen molar-refractivity contribution >= 4 is 22.9 Å². The second-order valence-electron chi connectivity index (χ2n) is 6.22. The van der Waals surface area contributed by atoms with Gasteiger partial charge in [-0.15, -0.1) is 5.10 Å². The van der Waals surface area contributed by atoms with Crippen LogP contribution in [-0.4, -0.2) is 42.5 Å². The molecule has 0 spiro atoms. The molecular weight excluding hydrogens is 322 g/mol. The van der Waals surface area contributed by atoms with Crippen LogP contribution in [0.5, 0.6) is 0 Å². The average molecular weight is 341 g/mol. The molecule has 0 bridgehead atoms. The molecule has 9 nitrogen and oxygen atoms in total. The normalized spacial score (nSPS) is 17.3. The summed E-state index contributed by atoms with van der Waals surface area (Å²) < 4.78 is 7.25. The van der Waals surface area contributed by atoms with E-state index in [-0.39, 0.29) is 18.0 Å². The molecule has 0 saturated carbocycles. The van der Waals surface area contributed by atoms with Crippen LogP contribution in [0.3, 0.4) is 0 Å². The lowest BCUT2D eigenvalue weighted by molar-refractivity contribution is 0.102. The number of rotatable bonds is 3. The molecule has 9 heteroatoms. The number of nitrogens with one attached hydrogen (secondary N) is 2. The fraction of sp³-hybridized carbons (Fsp3) is 0.438. The third-order valence-electron chi connectivity index (χ3n) is 4.30. The summed E-state index contributed by atoms with van der Waals surface area (Å²) in [6.45, 7) is 4.43. The number of anilines is 1. The maximum Gasteiger partial charge on any atom is 0.258 e. The standard InChI is InChI=1S/C16H19N7O2/c1-8-7-10(12-9(2)22-23(3)14(12)17-8)15(24)19-16-18-13(20-21-16)11-5-4-6-25-11/h7,11H,4-6H2,1-3H3,(H2,18,19,20,21,24)/t11-/m1/s1. The topological polar surface area (TPSA) is 111 Å². The Hall–Kier alpha value is -2.81. The molecule has 0 aromatic carbocycles. The Bertz CT molecular complexity index is 953. The molecule has 3 aromatic rings. The van der Waals surface area contributed by atoms with E-state index >= 15 is 0 Å². The Balaban J connectivity index is 1.64. The van der Waals surface area contributed by atoms with Crippen LogP contribution in [0.25, 0.3) is 11.0 Å². The van der Waals surface area contributed by atoms with Crippen LogP contribution in [0, 0.1) is 13.8 Å². The zero-order valence-corrected chi connectivity index (χ0v) is 14.3. The first-order chi connectivity index (χ1) is 12.0. The number of carbonyl (C=O) groups excluding carboxylic acids is 1. The average Bonchev–Trinajstić information content (AvgIpc) is 3.28. The minimum absolute atomic E-state index is 0.0754. The number of ether oxygens (including phenoxy) is 1. The number of H-pyrrole nitrogens is 1. The third kappa shape index (κ3) is 2.76. The molecule has 1 fully saturated rings. The maximum atomic E-state index is 12.8. The smallest absolute Gasteiger partial charge is 0.258 e. The summed E-state index contributed by atoms with van der Waals surface area (Å²) in [5, 5.41) is 14.8. The van der Waals surface area contributed by atoms with E-state index in [2.05, 4.69) is 30.6 Å². The second-order valence-corrected chi connectivity index (χ2v) is 6.22. The van der Waals surface area contributed by atoms with Crippen molar-refractivity contribution in [2.75, 3.05) is 11.9 Å². The number of pyridine rings is 1. The number of aromatic nitrogens is 6. The fourth-order valence-electron chi connectivity index (χ4n) is 3.19. The van der Waals surface area contributed by atoms with Crippen LogP contribution >= 0.6 is 0 Å². The minimum atomic E-state index is -0.288. The van der Waals surface area contributed by atoms with Crippen molar-refractivity contribution in [1.29, 1.82) is 0 Å². The summed E-state index contributed by atoms with van der Waals surface area (Å²) in [7, 11) is 1.81. The van der Waals surface area contributed by atoms with Gasteiger partial charge in [0, 0.05) is 19.3 Å². The Kier molecular flexibility index (Phi) is 3.72. The summed E-state index contributed by atoms with van der Waals surface area (Å²) >= 11 is 0. The predicted molar refractivity (Wildman–Crippen MR) is 90.2 cm³/mol. The molecule has 130 valence electrons. The van der Waals surface area contributed by atoms with Crippen LogP contribution in [0.15, 0.2) is 6.07 Å². The number of carbonyl (C=O) groups is 1. The zero-order valence-electron chi connectivity index (χ0n) is 14.3. The van der Waals surface area contributed by atoms with Gasteiger partial charge in [-0.05, 0) is 32.8 Å². The van der Waals surface area contributed by atoms with Crippen molar-refractivity contribution in [3.63, 3.8) is 0 Å². The van der Waals surface area contributed by atoms with Gasteiger partial charge in [0.2, 0.25) is 5.95 Å². The van der Waals surface area contributed by atoms with E-state index in [0.29, 0.717) is 17.0 Å². The molecule has 0 unspecified atom stereocenters. The van der Waals surface area contributed by atoms with Crippen LogP contribution in [0.4, 0.5) is 5.95 Å². The van der Waals surface area contributed by atoms with E-state index in [0.717, 1.165) is 36.2 Å². The van der Waals surface area contributed by atoms with E-state index < -0.39 is 0 Å². The lowest BCUT2D eigenvalue weighted by Gasteiger charge is -2.05. The van der Waals surface area contributed by atoms with Crippen molar-refractivity contribution in [2.45, 2.75) is 32.8 Å². The highest BCUT2D eigenvalue weighted by Crippen LogP contribution is 2.26. The first-order valence-corrected chi connectivity index (χ1v) is 8.19. The molecular formula is C16H19N7O2. The van der Waals surface area contributed by atoms with Gasteiger partial charge in [0.1, 0.15) is 6.10 Å². The van der Waals surface area contributed by atoms with Gasteiger partial charge in [-0.2, -0.15) is 10.1 Å². The number of nitrogens with zero attached hydrogens (tertiary/aromatic N) is 5. The Labute approximate surface area is 143 Å². The number of aromatic amines is 1. The number of hydrogen-bond donors (Lipinski definition) is 2. The molecule has 2 N–H and O–H groups in total. The Morgan fingerprint density at radius 2 is 2.24 bits per heavy atom. The van der Waals surface area contributed by atoms with Crippen LogP contribution in [-0.2, 0) is 11.8 Å². The van der Waals surface area contributed by atoms with E-state index in [9.17, 15) is 4.79 Å². The summed E-state index contributed by atoms with van der Waals surface area (Å²) in [6, 6.07) is 1.75. The molecule has 1 atom stereocenters. The van der Waals surface area contributed by atoms with Crippen molar-refractivity contribution in [3.8, 4) is 0 Å². The summed E-state index contributed by atoms with van der Waals surface area (Å²) in [4.78, 5) is 21.6. The molecule has 1 aliphatic rings. The molecule has 4 heterocycles. The molecule has 1 amide bonds. The molecule has 1 aliphatic heterocycles. The van der Waals surface area contributed by atoms with Crippen molar-refractivity contribution in [3.05, 3.63) is 28.8 Å². The Morgan fingerprint density at radius 3 is 3.00 bits per heavy atom. The molecule has 0 aliphatic carbocycles. The first-order valence-electron chi connectivity index (χ1n) is 8.19. The van der Waals surface area contributed by atoms with Crippen molar-refractivity contribution in [1.82, 2.24) is 29.9 Å². The van der Waals surface area contributed by atoms with Gasteiger partial charge < -0.3 is 4.74 Å². The minimum Gasteiger partial charge on any atom is -0.370 e. The molecule has 3 aromatic heterocycles. The van der Waals surface area contributed by atoms with Gasteiger partial charge in [-0.25, -0.2) is 4.98 Å². The van der Waals surface area contributed by atoms with Crippen molar-refractivity contribution < 1.29 is 9.53 Å². The van der Waals surface area contributed by atoms with Gasteiger partial charge in [0.05, 0.1) is 16.6 Å². The van der Waals surface area contributed by atoms with E-state index in [4.69, 9.17) is 4.74 Å². The predicted octanol–water partition coefficient (Wildman–Crippen LogP) is 1.81. The highest BCUT2D eigenvalue weighted by Gasteiger charge is 2.23. The van der Waals surface area contributed by atoms with E-state index in [1.54, 1.807) is 10.7 Å². The molecule has 1 saturated heterocycles. The van der Waals surface area contributed by atoms with Crippen LogP contribution in [0.2, 0.25) is 0 Å².